The van der Waals surface area contributed by atoms with Gasteiger partial charge in [0.2, 0.25) is 5.88 Å². The van der Waals surface area contributed by atoms with Crippen molar-refractivity contribution < 1.29 is 4.74 Å². The van der Waals surface area contributed by atoms with Gasteiger partial charge in [-0.15, -0.1) is 0 Å². The predicted molar refractivity (Wildman–Crippen MR) is 89.1 cm³/mol. The highest BCUT2D eigenvalue weighted by atomic mass is 16.5. The van der Waals surface area contributed by atoms with Gasteiger partial charge >= 0.3 is 0 Å². The third kappa shape index (κ3) is 4.77. The Hall–Kier alpha value is -2.56. The van der Waals surface area contributed by atoms with E-state index < -0.39 is 0 Å². The lowest BCUT2D eigenvalue weighted by Crippen LogP contribution is -2.37. The summed E-state index contributed by atoms with van der Waals surface area (Å²) < 4.78 is 5.24. The van der Waals surface area contributed by atoms with E-state index >= 15 is 0 Å². The Kier molecular flexibility index (Phi) is 6.23. The first-order valence-corrected chi connectivity index (χ1v) is 7.30. The average Bonchev–Trinajstić information content (AvgIpc) is 2.59. The van der Waals surface area contributed by atoms with Gasteiger partial charge in [0.25, 0.3) is 0 Å². The van der Waals surface area contributed by atoms with Gasteiger partial charge in [-0.25, -0.2) is 4.98 Å². The van der Waals surface area contributed by atoms with Crippen LogP contribution in [0.4, 0.5) is 0 Å². The van der Waals surface area contributed by atoms with Crippen molar-refractivity contribution in [1.29, 1.82) is 0 Å². The summed E-state index contributed by atoms with van der Waals surface area (Å²) in [5.74, 6) is 1.40. The standard InChI is InChI=1S/C17H22N4O/c1-18-17(20-12-10-14-7-4-3-5-8-14)21-13-15-9-6-11-19-16(15)22-2/h3-9,11H,10,12-13H2,1-2H3,(H2,18,20,21). The number of nitrogens with zero attached hydrogens (tertiary/aromatic N) is 2. The van der Waals surface area contributed by atoms with Gasteiger partial charge in [0.1, 0.15) is 0 Å². The van der Waals surface area contributed by atoms with Gasteiger partial charge in [0, 0.05) is 31.9 Å². The highest BCUT2D eigenvalue weighted by molar-refractivity contribution is 5.79. The van der Waals surface area contributed by atoms with E-state index in [2.05, 4.69) is 44.9 Å². The predicted octanol–water partition coefficient (Wildman–Crippen LogP) is 2.00. The fourth-order valence-corrected chi connectivity index (χ4v) is 2.11. The zero-order valence-corrected chi connectivity index (χ0v) is 13.0. The molecule has 0 atom stereocenters. The number of methoxy groups -OCH3 is 1. The highest BCUT2D eigenvalue weighted by Crippen LogP contribution is 2.12. The Morgan fingerprint density at radius 1 is 1.14 bits per heavy atom. The molecule has 0 amide bonds. The second-order valence-corrected chi connectivity index (χ2v) is 4.76. The van der Waals surface area contributed by atoms with Crippen LogP contribution in [0.3, 0.4) is 0 Å². The highest BCUT2D eigenvalue weighted by Gasteiger charge is 2.04. The summed E-state index contributed by atoms with van der Waals surface area (Å²) in [5, 5.41) is 6.57. The van der Waals surface area contributed by atoms with E-state index in [-0.39, 0.29) is 0 Å². The smallest absolute Gasteiger partial charge is 0.218 e. The lowest BCUT2D eigenvalue weighted by Gasteiger charge is -2.13. The minimum atomic E-state index is 0.613. The summed E-state index contributed by atoms with van der Waals surface area (Å²) in [5.41, 5.74) is 2.30. The summed E-state index contributed by atoms with van der Waals surface area (Å²) in [6.45, 7) is 1.44. The molecule has 0 spiro atoms. The third-order valence-electron chi connectivity index (χ3n) is 3.26. The fraction of sp³-hybridized carbons (Fsp3) is 0.294. The first-order chi connectivity index (χ1) is 10.8. The number of rotatable bonds is 6. The van der Waals surface area contributed by atoms with E-state index in [0.29, 0.717) is 12.4 Å². The molecule has 0 fully saturated rings. The van der Waals surface area contributed by atoms with Crippen molar-refractivity contribution >= 4 is 5.96 Å². The Morgan fingerprint density at radius 2 is 1.95 bits per heavy atom. The summed E-state index contributed by atoms with van der Waals surface area (Å²) in [4.78, 5) is 8.40. The molecule has 1 aromatic heterocycles. The molecule has 22 heavy (non-hydrogen) atoms. The van der Waals surface area contributed by atoms with Crippen LogP contribution in [0.1, 0.15) is 11.1 Å². The van der Waals surface area contributed by atoms with Crippen molar-refractivity contribution in [1.82, 2.24) is 15.6 Å². The fourth-order valence-electron chi connectivity index (χ4n) is 2.11. The SMILES string of the molecule is CN=C(NCCc1ccccc1)NCc1cccnc1OC. The van der Waals surface area contributed by atoms with Gasteiger partial charge in [0.15, 0.2) is 5.96 Å². The van der Waals surface area contributed by atoms with Crippen molar-refractivity contribution in [2.75, 3.05) is 20.7 Å². The molecule has 0 aliphatic heterocycles. The van der Waals surface area contributed by atoms with Gasteiger partial charge < -0.3 is 15.4 Å². The first kappa shape index (κ1) is 15.8. The average molecular weight is 298 g/mol. The molecule has 1 aromatic carbocycles. The molecule has 0 unspecified atom stereocenters. The second kappa shape index (κ2) is 8.67. The Morgan fingerprint density at radius 3 is 2.68 bits per heavy atom. The largest absolute Gasteiger partial charge is 0.481 e. The minimum Gasteiger partial charge on any atom is -0.481 e. The van der Waals surface area contributed by atoms with Crippen LogP contribution >= 0.6 is 0 Å². The number of nitrogens with one attached hydrogen (secondary N) is 2. The van der Waals surface area contributed by atoms with Crippen LogP contribution < -0.4 is 15.4 Å². The topological polar surface area (TPSA) is 58.5 Å². The quantitative estimate of drug-likeness (QED) is 0.632. The monoisotopic (exact) mass is 298 g/mol. The van der Waals surface area contributed by atoms with Gasteiger partial charge in [-0.1, -0.05) is 36.4 Å². The van der Waals surface area contributed by atoms with Crippen LogP contribution in [0, 0.1) is 0 Å². The van der Waals surface area contributed by atoms with E-state index in [1.165, 1.54) is 5.56 Å². The molecule has 2 rings (SSSR count). The van der Waals surface area contributed by atoms with Crippen LogP contribution in [-0.2, 0) is 13.0 Å². The van der Waals surface area contributed by atoms with Gasteiger partial charge in [-0.05, 0) is 18.1 Å². The Labute approximate surface area is 131 Å². The minimum absolute atomic E-state index is 0.613. The number of aliphatic imine (C=N–C) groups is 1. The Bertz CT molecular complexity index is 599. The van der Waals surface area contributed by atoms with Crippen molar-refractivity contribution in [2.45, 2.75) is 13.0 Å². The van der Waals surface area contributed by atoms with Gasteiger partial charge in [-0.3, -0.25) is 4.99 Å². The molecule has 116 valence electrons. The molecule has 0 radical (unpaired) electrons. The summed E-state index contributed by atoms with van der Waals surface area (Å²) >= 11 is 0. The molecule has 2 aromatic rings. The number of ether oxygens (including phenoxy) is 1. The second-order valence-electron chi connectivity index (χ2n) is 4.76. The summed E-state index contributed by atoms with van der Waals surface area (Å²) in [7, 11) is 3.39. The number of hydrogen-bond acceptors (Lipinski definition) is 3. The first-order valence-electron chi connectivity index (χ1n) is 7.30. The molecule has 1 heterocycles. The lowest BCUT2D eigenvalue weighted by atomic mass is 10.1. The van der Waals surface area contributed by atoms with E-state index in [4.69, 9.17) is 4.74 Å². The Balaban J connectivity index is 1.80. The van der Waals surface area contributed by atoms with E-state index in [1.54, 1.807) is 20.4 Å². The van der Waals surface area contributed by atoms with Gasteiger partial charge in [0.05, 0.1) is 7.11 Å². The number of pyridine rings is 1. The molecule has 0 bridgehead atoms. The maximum absolute atomic E-state index is 5.24. The molecule has 0 saturated carbocycles. The normalized spacial score (nSPS) is 11.1. The lowest BCUT2D eigenvalue weighted by molar-refractivity contribution is 0.392. The van der Waals surface area contributed by atoms with Gasteiger partial charge in [-0.2, -0.15) is 0 Å². The zero-order chi connectivity index (χ0) is 15.6. The number of hydrogen-bond donors (Lipinski definition) is 2. The molecule has 0 saturated heterocycles. The van der Waals surface area contributed by atoms with Crippen LogP contribution in [-0.4, -0.2) is 31.6 Å². The molecular weight excluding hydrogens is 276 g/mol. The summed E-state index contributed by atoms with van der Waals surface area (Å²) in [6, 6.07) is 14.3. The molecule has 5 heteroatoms. The van der Waals surface area contributed by atoms with Crippen LogP contribution in [0.15, 0.2) is 53.7 Å². The van der Waals surface area contributed by atoms with Crippen LogP contribution in [0.2, 0.25) is 0 Å². The molecule has 2 N–H and O–H groups in total. The van der Waals surface area contributed by atoms with E-state index in [9.17, 15) is 0 Å². The molecule has 0 aliphatic rings. The van der Waals surface area contributed by atoms with Crippen molar-refractivity contribution in [3.05, 3.63) is 59.8 Å². The summed E-state index contributed by atoms with van der Waals surface area (Å²) in [6.07, 6.45) is 2.67. The van der Waals surface area contributed by atoms with Crippen molar-refractivity contribution in [2.24, 2.45) is 4.99 Å². The third-order valence-corrected chi connectivity index (χ3v) is 3.26. The van der Waals surface area contributed by atoms with E-state index in [0.717, 1.165) is 24.5 Å². The molecule has 5 nitrogen and oxygen atoms in total. The number of benzene rings is 1. The zero-order valence-electron chi connectivity index (χ0n) is 13.0. The van der Waals surface area contributed by atoms with Crippen LogP contribution in [0.25, 0.3) is 0 Å². The number of aromatic nitrogens is 1. The van der Waals surface area contributed by atoms with Crippen molar-refractivity contribution in [3.63, 3.8) is 0 Å². The maximum atomic E-state index is 5.24. The van der Waals surface area contributed by atoms with E-state index in [1.807, 2.05) is 18.2 Å². The maximum Gasteiger partial charge on any atom is 0.218 e. The number of guanidine groups is 1. The molecule has 0 aliphatic carbocycles. The molecular formula is C17H22N4O. The van der Waals surface area contributed by atoms with Crippen molar-refractivity contribution in [3.8, 4) is 5.88 Å². The van der Waals surface area contributed by atoms with Crippen LogP contribution in [0.5, 0.6) is 5.88 Å².